The van der Waals surface area contributed by atoms with Crippen molar-refractivity contribution in [1.82, 2.24) is 84.6 Å². The summed E-state index contributed by atoms with van der Waals surface area (Å²) in [5.74, 6) is -8.56. The number of nitrogens with two attached hydrogens (primary N) is 5. The summed E-state index contributed by atoms with van der Waals surface area (Å²) in [5.41, 5.74) is 31.7. The molecule has 133 heavy (non-hydrogen) atoms. The predicted molar refractivity (Wildman–Crippen MR) is 482 cm³/mol. The molecule has 0 saturated heterocycles. The lowest BCUT2D eigenvalue weighted by Gasteiger charge is -2.41. The Morgan fingerprint density at radius 1 is 0.474 bits per heavy atom. The Morgan fingerprint density at radius 3 is 1.29 bits per heavy atom. The van der Waals surface area contributed by atoms with Crippen molar-refractivity contribution in [2.24, 2.45) is 28.7 Å². The Balaban J connectivity index is 0.000000160. The molecule has 696 valence electrons. The van der Waals surface area contributed by atoms with Crippen LogP contribution in [0.25, 0.3) is 43.6 Å². The molecule has 37 nitrogen and oxygen atoms in total. The first-order valence-electron chi connectivity index (χ1n) is 41.2. The number of halogens is 8. The first kappa shape index (κ1) is 98.1. The van der Waals surface area contributed by atoms with Gasteiger partial charge in [0, 0.05) is 82.0 Å². The number of amides is 12. The third-order valence-electron chi connectivity index (χ3n) is 21.6. The van der Waals surface area contributed by atoms with Crippen molar-refractivity contribution in [3.8, 4) is 0 Å². The maximum absolute atomic E-state index is 14.1. The number of carbonyl (C=O) groups is 12. The quantitative estimate of drug-likeness (QED) is 0.0195. The largest absolute Gasteiger partial charge is 0.394 e. The molecule has 5 aromatic heterocycles. The summed E-state index contributed by atoms with van der Waals surface area (Å²) >= 11 is 20.5. The van der Waals surface area contributed by atoms with Gasteiger partial charge in [0.1, 0.15) is 60.6 Å². The Kier molecular flexibility index (Phi) is 32.4. The van der Waals surface area contributed by atoms with E-state index in [4.69, 9.17) is 63.5 Å². The third-order valence-corrected chi connectivity index (χ3v) is 22.9. The molecule has 7 aromatic carbocycles. The lowest BCUT2D eigenvalue weighted by molar-refractivity contribution is -0.139. The van der Waals surface area contributed by atoms with Gasteiger partial charge in [0.15, 0.2) is 28.6 Å². The van der Waals surface area contributed by atoms with Crippen LogP contribution < -0.4 is 49.9 Å². The number of benzene rings is 7. The molecule has 3 aliphatic carbocycles. The number of fused-ring (bicyclic) bond motifs is 4. The topological polar surface area (TPSA) is 534 Å². The fourth-order valence-electron chi connectivity index (χ4n) is 14.5. The van der Waals surface area contributed by atoms with Gasteiger partial charge in [0.2, 0.25) is 47.3 Å². The molecule has 0 spiro atoms. The predicted octanol–water partition coefficient (Wildman–Crippen LogP) is 6.51. The van der Waals surface area contributed by atoms with Gasteiger partial charge in [0.25, 0.3) is 23.6 Å². The number of carbonyl (C=O) groups excluding carboxylic acids is 12. The molecule has 0 aliphatic heterocycles. The van der Waals surface area contributed by atoms with Gasteiger partial charge in [-0.05, 0) is 141 Å². The van der Waals surface area contributed by atoms with Gasteiger partial charge in [0.05, 0.1) is 88.4 Å². The Labute approximate surface area is 777 Å². The van der Waals surface area contributed by atoms with E-state index in [1.54, 1.807) is 79.7 Å². The number of nitrogens with zero attached hydrogens (tertiary/aromatic N) is 14. The number of aliphatic hydroxyl groups excluding tert-OH is 2. The number of aliphatic hydroxyl groups is 2. The van der Waals surface area contributed by atoms with Crippen LogP contribution in [0.3, 0.4) is 0 Å². The molecule has 45 heteroatoms. The number of aromatic nitrogens is 10. The molecular formula is C88H89BrCl3F4N23O14. The fraction of sp³-hybridized carbons (Fsp3) is 0.295. The highest BCUT2D eigenvalue weighted by atomic mass is 79.9. The number of hydrogen-bond donors (Lipinski definition) is 11. The zero-order valence-electron chi connectivity index (χ0n) is 71.1. The third kappa shape index (κ3) is 24.8. The van der Waals surface area contributed by atoms with E-state index in [9.17, 15) is 85.3 Å². The van der Waals surface area contributed by atoms with Crippen LogP contribution in [0.15, 0.2) is 150 Å². The molecule has 16 N–H and O–H groups in total. The van der Waals surface area contributed by atoms with E-state index in [0.29, 0.717) is 61.2 Å². The van der Waals surface area contributed by atoms with Crippen molar-refractivity contribution in [2.45, 2.75) is 135 Å². The van der Waals surface area contributed by atoms with E-state index >= 15 is 0 Å². The van der Waals surface area contributed by atoms with Crippen molar-refractivity contribution in [3.63, 3.8) is 0 Å². The van der Waals surface area contributed by atoms with Crippen LogP contribution in [-0.4, -0.2) is 213 Å². The van der Waals surface area contributed by atoms with Gasteiger partial charge in [-0.2, -0.15) is 20.4 Å². The van der Waals surface area contributed by atoms with E-state index < -0.39 is 88.4 Å². The minimum atomic E-state index is -0.844. The van der Waals surface area contributed by atoms with E-state index in [1.165, 1.54) is 99.3 Å². The Hall–Kier alpha value is -13.9. The monoisotopic (exact) mass is 1950 g/mol. The maximum Gasteiger partial charge on any atom is 0.269 e. The van der Waals surface area contributed by atoms with E-state index in [1.807, 2.05) is 13.0 Å². The van der Waals surface area contributed by atoms with Crippen molar-refractivity contribution >= 4 is 171 Å². The average Bonchev–Trinajstić information content (AvgIpc) is 1.65. The molecule has 0 bridgehead atoms. The van der Waals surface area contributed by atoms with E-state index in [2.05, 4.69) is 67.6 Å². The molecule has 12 aromatic rings. The summed E-state index contributed by atoms with van der Waals surface area (Å²) in [4.78, 5) is 163. The highest BCUT2D eigenvalue weighted by Gasteiger charge is 2.39. The van der Waals surface area contributed by atoms with Crippen LogP contribution in [-0.2, 0) is 90.8 Å². The van der Waals surface area contributed by atoms with Gasteiger partial charge in [-0.25, -0.2) is 22.5 Å². The van der Waals surface area contributed by atoms with E-state index in [0.717, 1.165) is 37.3 Å². The number of primary amides is 4. The summed E-state index contributed by atoms with van der Waals surface area (Å²) in [5, 5.41) is 47.7. The summed E-state index contributed by atoms with van der Waals surface area (Å²) in [6.07, 6.45) is 7.15. The second-order valence-corrected chi connectivity index (χ2v) is 33.4. The average molecular weight is 1960 g/mol. The minimum Gasteiger partial charge on any atom is -0.394 e. The number of rotatable bonds is 33. The molecule has 15 rings (SSSR count). The number of nitrogens with one attached hydrogen (secondary N) is 4. The number of para-hydroxylation sites is 1. The molecule has 0 radical (unpaired) electrons. The lowest BCUT2D eigenvalue weighted by Crippen LogP contribution is -2.55. The zero-order valence-corrected chi connectivity index (χ0v) is 75.0. The second kappa shape index (κ2) is 43.9. The van der Waals surface area contributed by atoms with Gasteiger partial charge in [-0.3, -0.25) is 81.2 Å². The second-order valence-electron chi connectivity index (χ2n) is 31.4. The standard InChI is InChI=1S/C23H23ClFN5O4.C23H25ClFN5O4.C22H20ClF2N5O3.C20H21BrN8O3/c24-17-3-1-2-14(21(17)25)9-27-19(32)10-29(15-5-6-15)20(33)11-30-18-7-4-13(12-31)8-16(18)22(28-30)23(26)34;1-13-6-7-18-16(8-13)22(23(26)34)28-30(18)11-20(33)29(14(2)12-31)10-19(32)27-9-15-4-3-5-17(24)21(15)25;23-16-3-1-2-12(20(16)25)9-27-18(31)10-29(14-5-6-14)19(32)11-30-17-7-4-13(24)8-15(17)21(28-30)22(26)33;21-15-7-24-8-16(25-15)26-17(30)9-28(12-5-11(22)6-12)18(31)10-29-14-4-2-1-3-13(14)19(27-29)20(23)32/h1-4,7-8,15,31H,5-6,9-12H2,(H2,26,34)(H,27,32);3-8,14,31H,9-12H2,1-2H3,(H2,26,34)(H,27,32);1-4,7-8,14H,5-6,9-11H2,(H2,26,33)(H,27,31);1-4,7-8,11-12H,5-6,9-10,22H2,(H2,23,32)(H,25,26,30)/t;14-;;/m.1../s1. The number of hydrogen-bond acceptors (Lipinski definition) is 21. The first-order valence-corrected chi connectivity index (χ1v) is 43.2. The van der Waals surface area contributed by atoms with E-state index in [-0.39, 0.29) is 187 Å². The van der Waals surface area contributed by atoms with Crippen molar-refractivity contribution in [1.29, 1.82) is 0 Å². The molecule has 3 fully saturated rings. The summed E-state index contributed by atoms with van der Waals surface area (Å²) in [6, 6.07) is 33.4. The molecule has 12 amide bonds. The number of aryl methyl sites for hydroxylation is 1. The molecular weight excluding hydrogens is 1870 g/mol. The zero-order chi connectivity index (χ0) is 95.9. The van der Waals surface area contributed by atoms with Gasteiger partial charge < -0.3 is 79.7 Å². The van der Waals surface area contributed by atoms with Crippen LogP contribution >= 0.6 is 50.7 Å². The SMILES string of the molecule is Cc1ccc2c(c1)c(C(N)=O)nn2CC(=O)N(CC(=O)NCc1cccc(Cl)c1F)[C@H](C)CO.NC(=O)c1nn(CC(=O)N(CC(=O)NCc2cccc(Cl)c2F)C2CC2)c2ccc(CO)cc12.NC(=O)c1nn(CC(=O)N(CC(=O)NCc2cccc(Cl)c2F)C2CC2)c2ccc(F)cc12.NC(=O)c1nn(CC(=O)N(CC(=O)Nc2cncc(Br)n2)C2CC(N)C2)c2ccccc12. The van der Waals surface area contributed by atoms with Crippen molar-refractivity contribution in [3.05, 3.63) is 239 Å². The van der Waals surface area contributed by atoms with Crippen LogP contribution in [0.2, 0.25) is 15.1 Å². The Bertz CT molecular complexity index is 6510. The van der Waals surface area contributed by atoms with Gasteiger partial charge in [-0.15, -0.1) is 0 Å². The number of anilines is 1. The van der Waals surface area contributed by atoms with Gasteiger partial charge in [-0.1, -0.05) is 107 Å². The molecule has 1 atom stereocenters. The molecule has 3 saturated carbocycles. The first-order chi connectivity index (χ1) is 63.4. The van der Waals surface area contributed by atoms with Crippen LogP contribution in [0, 0.1) is 30.2 Å². The van der Waals surface area contributed by atoms with Crippen LogP contribution in [0.4, 0.5) is 23.4 Å². The lowest BCUT2D eigenvalue weighted by atomic mass is 9.86. The highest BCUT2D eigenvalue weighted by molar-refractivity contribution is 9.10. The maximum atomic E-state index is 14.1. The van der Waals surface area contributed by atoms with Crippen molar-refractivity contribution < 1.29 is 85.3 Å². The Morgan fingerprint density at radius 2 is 0.865 bits per heavy atom. The normalized spacial score (nSPS) is 13.9. The summed E-state index contributed by atoms with van der Waals surface area (Å²) in [7, 11) is 0. The van der Waals surface area contributed by atoms with Gasteiger partial charge >= 0.3 is 0 Å². The summed E-state index contributed by atoms with van der Waals surface area (Å²) in [6.45, 7) is 0.730. The summed E-state index contributed by atoms with van der Waals surface area (Å²) < 4.78 is 61.7. The van der Waals surface area contributed by atoms with Crippen molar-refractivity contribution in [2.75, 3.05) is 38.1 Å². The van der Waals surface area contributed by atoms with Crippen LogP contribution in [0.5, 0.6) is 0 Å². The molecule has 3 aliphatic rings. The highest BCUT2D eigenvalue weighted by Crippen LogP contribution is 2.32. The van der Waals surface area contributed by atoms with Crippen LogP contribution in [0.1, 0.15) is 115 Å². The molecule has 0 unspecified atom stereocenters. The molecule has 5 heterocycles. The smallest absolute Gasteiger partial charge is 0.269 e. The fourth-order valence-corrected chi connectivity index (χ4v) is 15.4. The minimum absolute atomic E-state index is 0.00244.